The molecule has 130 valence electrons. The minimum atomic E-state index is -0.211. The molecule has 1 aliphatic heterocycles. The van der Waals surface area contributed by atoms with Gasteiger partial charge in [0.1, 0.15) is 0 Å². The van der Waals surface area contributed by atoms with Crippen LogP contribution < -0.4 is 11.1 Å². The molecule has 5 heteroatoms. The number of carbonyl (C=O) groups is 2. The molecule has 3 rings (SSSR count). The molecule has 1 heterocycles. The predicted molar refractivity (Wildman–Crippen MR) is 98.0 cm³/mol. The molecule has 25 heavy (non-hydrogen) atoms. The van der Waals surface area contributed by atoms with Crippen molar-refractivity contribution in [2.75, 3.05) is 18.4 Å². The maximum absolute atomic E-state index is 12.3. The molecule has 2 amide bonds. The lowest BCUT2D eigenvalue weighted by Crippen LogP contribution is -2.40. The summed E-state index contributed by atoms with van der Waals surface area (Å²) < 4.78 is 0. The fourth-order valence-electron chi connectivity index (χ4n) is 3.18. The molecule has 2 aromatic carbocycles. The fraction of sp³-hybridized carbons (Fsp3) is 0.300. The monoisotopic (exact) mass is 337 g/mol. The molecule has 1 atom stereocenters. The summed E-state index contributed by atoms with van der Waals surface area (Å²) >= 11 is 0. The van der Waals surface area contributed by atoms with E-state index in [9.17, 15) is 9.59 Å². The number of carbonyl (C=O) groups excluding carboxylic acids is 2. The number of anilines is 1. The van der Waals surface area contributed by atoms with E-state index in [0.717, 1.165) is 37.2 Å². The smallest absolute Gasteiger partial charge is 0.255 e. The van der Waals surface area contributed by atoms with Gasteiger partial charge in [-0.25, -0.2) is 0 Å². The standard InChI is InChI=1S/C20H23N3O2/c21-19(24)17-5-4-12-23(14-17)13-15-8-10-16(11-9-15)20(25)22-18-6-2-1-3-7-18/h1-3,6-11,17H,4-5,12-14H2,(H2,21,24)(H,22,25)/t17-/m1/s1. The van der Waals surface area contributed by atoms with Crippen molar-refractivity contribution in [1.82, 2.24) is 4.90 Å². The van der Waals surface area contributed by atoms with Gasteiger partial charge in [0.05, 0.1) is 5.92 Å². The van der Waals surface area contributed by atoms with Gasteiger partial charge in [-0.1, -0.05) is 30.3 Å². The molecular formula is C20H23N3O2. The van der Waals surface area contributed by atoms with E-state index in [4.69, 9.17) is 5.73 Å². The summed E-state index contributed by atoms with van der Waals surface area (Å²) in [7, 11) is 0. The van der Waals surface area contributed by atoms with Crippen LogP contribution in [-0.4, -0.2) is 29.8 Å². The topological polar surface area (TPSA) is 75.4 Å². The first kappa shape index (κ1) is 17.2. The van der Waals surface area contributed by atoms with E-state index < -0.39 is 0 Å². The first-order chi connectivity index (χ1) is 12.1. The Bertz CT molecular complexity index is 728. The fourth-order valence-corrected chi connectivity index (χ4v) is 3.18. The van der Waals surface area contributed by atoms with Crippen LogP contribution in [0.4, 0.5) is 5.69 Å². The number of benzene rings is 2. The number of para-hydroxylation sites is 1. The van der Waals surface area contributed by atoms with E-state index in [1.807, 2.05) is 54.6 Å². The Labute approximate surface area is 147 Å². The molecule has 0 spiro atoms. The molecule has 0 unspecified atom stereocenters. The van der Waals surface area contributed by atoms with Gasteiger partial charge in [-0.05, 0) is 49.2 Å². The molecular weight excluding hydrogens is 314 g/mol. The number of nitrogens with two attached hydrogens (primary N) is 1. The van der Waals surface area contributed by atoms with Crippen molar-refractivity contribution in [3.05, 3.63) is 65.7 Å². The minimum absolute atomic E-state index is 0.0512. The van der Waals surface area contributed by atoms with Crippen molar-refractivity contribution < 1.29 is 9.59 Å². The lowest BCUT2D eigenvalue weighted by molar-refractivity contribution is -0.123. The van der Waals surface area contributed by atoms with Crippen molar-refractivity contribution in [3.8, 4) is 0 Å². The second-order valence-corrected chi connectivity index (χ2v) is 6.49. The Morgan fingerprint density at radius 3 is 2.48 bits per heavy atom. The summed E-state index contributed by atoms with van der Waals surface area (Å²) in [5, 5.41) is 2.88. The van der Waals surface area contributed by atoms with Crippen LogP contribution in [0.2, 0.25) is 0 Å². The lowest BCUT2D eigenvalue weighted by Gasteiger charge is -2.31. The van der Waals surface area contributed by atoms with E-state index in [1.165, 1.54) is 0 Å². The third-order valence-electron chi connectivity index (χ3n) is 4.56. The van der Waals surface area contributed by atoms with Gasteiger partial charge in [0.2, 0.25) is 5.91 Å². The average molecular weight is 337 g/mol. The first-order valence-corrected chi connectivity index (χ1v) is 8.59. The van der Waals surface area contributed by atoms with E-state index in [1.54, 1.807) is 0 Å². The number of hydrogen-bond acceptors (Lipinski definition) is 3. The number of piperidine rings is 1. The molecule has 1 fully saturated rings. The molecule has 0 aromatic heterocycles. The average Bonchev–Trinajstić information content (AvgIpc) is 2.63. The van der Waals surface area contributed by atoms with Crippen LogP contribution in [0.3, 0.4) is 0 Å². The maximum atomic E-state index is 12.3. The van der Waals surface area contributed by atoms with Gasteiger partial charge in [-0.3, -0.25) is 14.5 Å². The Balaban J connectivity index is 1.58. The first-order valence-electron chi connectivity index (χ1n) is 8.59. The number of nitrogens with one attached hydrogen (secondary N) is 1. The van der Waals surface area contributed by atoms with Crippen LogP contribution in [-0.2, 0) is 11.3 Å². The largest absolute Gasteiger partial charge is 0.369 e. The highest BCUT2D eigenvalue weighted by atomic mass is 16.2. The van der Waals surface area contributed by atoms with E-state index in [2.05, 4.69) is 10.2 Å². The van der Waals surface area contributed by atoms with Gasteiger partial charge in [0, 0.05) is 24.3 Å². The quantitative estimate of drug-likeness (QED) is 0.881. The maximum Gasteiger partial charge on any atom is 0.255 e. The summed E-state index contributed by atoms with van der Waals surface area (Å²) in [6.07, 6.45) is 1.87. The lowest BCUT2D eigenvalue weighted by atomic mass is 9.97. The van der Waals surface area contributed by atoms with Crippen LogP contribution in [0.1, 0.15) is 28.8 Å². The van der Waals surface area contributed by atoms with E-state index in [0.29, 0.717) is 12.1 Å². The molecule has 3 N–H and O–H groups in total. The Morgan fingerprint density at radius 1 is 1.08 bits per heavy atom. The highest BCUT2D eigenvalue weighted by Crippen LogP contribution is 2.18. The second kappa shape index (κ2) is 7.94. The van der Waals surface area contributed by atoms with Gasteiger partial charge < -0.3 is 11.1 Å². The molecule has 0 saturated carbocycles. The highest BCUT2D eigenvalue weighted by Gasteiger charge is 2.23. The SMILES string of the molecule is NC(=O)[C@@H]1CCCN(Cc2ccc(C(=O)Nc3ccccc3)cc2)C1. The summed E-state index contributed by atoms with van der Waals surface area (Å²) in [5.41, 5.74) is 7.96. The molecule has 5 nitrogen and oxygen atoms in total. The van der Waals surface area contributed by atoms with Crippen LogP contribution in [0.25, 0.3) is 0 Å². The Hall–Kier alpha value is -2.66. The van der Waals surface area contributed by atoms with Gasteiger partial charge >= 0.3 is 0 Å². The molecule has 0 bridgehead atoms. The summed E-state index contributed by atoms with van der Waals surface area (Å²) in [6, 6.07) is 17.0. The van der Waals surface area contributed by atoms with Crippen molar-refractivity contribution in [1.29, 1.82) is 0 Å². The predicted octanol–water partition coefficient (Wildman–Crippen LogP) is 2.64. The zero-order chi connectivity index (χ0) is 17.6. The van der Waals surface area contributed by atoms with Gasteiger partial charge in [-0.15, -0.1) is 0 Å². The third kappa shape index (κ3) is 4.67. The molecule has 0 aliphatic carbocycles. The number of likely N-dealkylation sites (tertiary alicyclic amines) is 1. The number of hydrogen-bond donors (Lipinski definition) is 2. The van der Waals surface area contributed by atoms with Gasteiger partial charge in [0.25, 0.3) is 5.91 Å². The van der Waals surface area contributed by atoms with Gasteiger partial charge in [-0.2, -0.15) is 0 Å². The van der Waals surface area contributed by atoms with Crippen LogP contribution in [0, 0.1) is 5.92 Å². The van der Waals surface area contributed by atoms with Crippen molar-refractivity contribution in [3.63, 3.8) is 0 Å². The third-order valence-corrected chi connectivity index (χ3v) is 4.56. The highest BCUT2D eigenvalue weighted by molar-refractivity contribution is 6.04. The second-order valence-electron chi connectivity index (χ2n) is 6.49. The van der Waals surface area contributed by atoms with Crippen molar-refractivity contribution >= 4 is 17.5 Å². The molecule has 2 aromatic rings. The van der Waals surface area contributed by atoms with Crippen LogP contribution in [0.15, 0.2) is 54.6 Å². The summed E-state index contributed by atoms with van der Waals surface area (Å²) in [4.78, 5) is 25.9. The Kier molecular flexibility index (Phi) is 5.46. The zero-order valence-corrected chi connectivity index (χ0v) is 14.2. The van der Waals surface area contributed by atoms with Crippen LogP contribution >= 0.6 is 0 Å². The minimum Gasteiger partial charge on any atom is -0.369 e. The number of nitrogens with zero attached hydrogens (tertiary/aromatic N) is 1. The molecule has 1 saturated heterocycles. The van der Waals surface area contributed by atoms with Crippen LogP contribution in [0.5, 0.6) is 0 Å². The molecule has 0 radical (unpaired) electrons. The summed E-state index contributed by atoms with van der Waals surface area (Å²) in [5.74, 6) is -0.383. The normalized spacial score (nSPS) is 17.8. The summed E-state index contributed by atoms with van der Waals surface area (Å²) in [6.45, 7) is 2.45. The molecule has 1 aliphatic rings. The van der Waals surface area contributed by atoms with Crippen molar-refractivity contribution in [2.45, 2.75) is 19.4 Å². The number of primary amides is 1. The van der Waals surface area contributed by atoms with Crippen molar-refractivity contribution in [2.24, 2.45) is 11.7 Å². The zero-order valence-electron chi connectivity index (χ0n) is 14.2. The van der Waals surface area contributed by atoms with E-state index >= 15 is 0 Å². The van der Waals surface area contributed by atoms with Gasteiger partial charge in [0.15, 0.2) is 0 Å². The van der Waals surface area contributed by atoms with E-state index in [-0.39, 0.29) is 17.7 Å². The number of amides is 2. The Morgan fingerprint density at radius 2 is 1.80 bits per heavy atom. The number of rotatable bonds is 5.